The zero-order valence-electron chi connectivity index (χ0n) is 10.9. The van der Waals surface area contributed by atoms with Crippen molar-refractivity contribution in [1.82, 2.24) is 4.98 Å². The third-order valence-corrected chi connectivity index (χ3v) is 3.81. The summed E-state index contributed by atoms with van der Waals surface area (Å²) < 4.78 is 5.94. The fraction of sp³-hybridized carbons (Fsp3) is 0.143. The van der Waals surface area contributed by atoms with Crippen molar-refractivity contribution in [2.45, 2.75) is 6.92 Å². The van der Waals surface area contributed by atoms with Gasteiger partial charge in [-0.2, -0.15) is 0 Å². The molecule has 0 aliphatic heterocycles. The largest absolute Gasteiger partial charge is 0.495 e. The summed E-state index contributed by atoms with van der Waals surface area (Å²) in [5, 5.41) is 3.11. The summed E-state index contributed by atoms with van der Waals surface area (Å²) in [6.45, 7) is 1.85. The third kappa shape index (κ3) is 3.29. The molecule has 1 N–H and O–H groups in total. The van der Waals surface area contributed by atoms with Crippen LogP contribution in [0.25, 0.3) is 0 Å². The van der Waals surface area contributed by atoms with E-state index in [1.165, 1.54) is 7.11 Å². The number of aryl methyl sites for hydroxylation is 1. The maximum atomic E-state index is 12.1. The highest BCUT2D eigenvalue weighted by molar-refractivity contribution is 9.10. The first-order chi connectivity index (χ1) is 9.51. The van der Waals surface area contributed by atoms with Crippen molar-refractivity contribution >= 4 is 39.3 Å². The molecule has 0 radical (unpaired) electrons. The maximum absolute atomic E-state index is 12.1. The fourth-order valence-electron chi connectivity index (χ4n) is 1.61. The van der Waals surface area contributed by atoms with Crippen LogP contribution in [0.1, 0.15) is 16.1 Å². The Morgan fingerprint density at radius 3 is 2.70 bits per heavy atom. The van der Waals surface area contributed by atoms with Crippen LogP contribution in [0.4, 0.5) is 5.82 Å². The lowest BCUT2D eigenvalue weighted by molar-refractivity contribution is 0.102. The van der Waals surface area contributed by atoms with Crippen LogP contribution in [0.5, 0.6) is 5.75 Å². The van der Waals surface area contributed by atoms with Crippen LogP contribution < -0.4 is 10.1 Å². The topological polar surface area (TPSA) is 51.2 Å². The van der Waals surface area contributed by atoms with Gasteiger partial charge in [0.15, 0.2) is 0 Å². The summed E-state index contributed by atoms with van der Waals surface area (Å²) in [5.41, 5.74) is 1.24. The number of pyridine rings is 1. The SMILES string of the molecule is COc1ccc(C(=O)Nc2ccc(Br)c(C)n2)cc1Cl. The summed E-state index contributed by atoms with van der Waals surface area (Å²) in [5.74, 6) is 0.743. The number of anilines is 1. The van der Waals surface area contributed by atoms with E-state index in [9.17, 15) is 4.79 Å². The van der Waals surface area contributed by atoms with Gasteiger partial charge in [0.2, 0.25) is 0 Å². The smallest absolute Gasteiger partial charge is 0.256 e. The molecule has 0 spiro atoms. The monoisotopic (exact) mass is 354 g/mol. The summed E-state index contributed by atoms with van der Waals surface area (Å²) in [6.07, 6.45) is 0. The normalized spacial score (nSPS) is 10.2. The van der Waals surface area contributed by atoms with Gasteiger partial charge in [-0.25, -0.2) is 4.98 Å². The summed E-state index contributed by atoms with van der Waals surface area (Å²) in [6, 6.07) is 8.41. The Labute approximate surface area is 130 Å². The van der Waals surface area contributed by atoms with Crippen LogP contribution in [-0.4, -0.2) is 18.0 Å². The second kappa shape index (κ2) is 6.24. The number of ether oxygens (including phenoxy) is 1. The second-order valence-corrected chi connectivity index (χ2v) is 5.33. The Bertz CT molecular complexity index is 662. The molecule has 104 valence electrons. The summed E-state index contributed by atoms with van der Waals surface area (Å²) in [7, 11) is 1.52. The Morgan fingerprint density at radius 2 is 2.10 bits per heavy atom. The van der Waals surface area contributed by atoms with Crippen LogP contribution in [0.15, 0.2) is 34.8 Å². The maximum Gasteiger partial charge on any atom is 0.256 e. The van der Waals surface area contributed by atoms with Crippen LogP contribution in [-0.2, 0) is 0 Å². The van der Waals surface area contributed by atoms with Crippen molar-refractivity contribution in [1.29, 1.82) is 0 Å². The molecule has 2 rings (SSSR count). The van der Waals surface area contributed by atoms with E-state index < -0.39 is 0 Å². The number of aromatic nitrogens is 1. The van der Waals surface area contributed by atoms with Crippen molar-refractivity contribution in [3.8, 4) is 5.75 Å². The van der Waals surface area contributed by atoms with Gasteiger partial charge < -0.3 is 10.1 Å². The molecule has 0 bridgehead atoms. The number of hydrogen-bond donors (Lipinski definition) is 1. The van der Waals surface area contributed by atoms with E-state index in [2.05, 4.69) is 26.2 Å². The number of nitrogens with zero attached hydrogens (tertiary/aromatic N) is 1. The van der Waals surface area contributed by atoms with Crippen LogP contribution >= 0.6 is 27.5 Å². The molecule has 0 fully saturated rings. The van der Waals surface area contributed by atoms with E-state index in [0.717, 1.165) is 10.2 Å². The van der Waals surface area contributed by atoms with Crippen molar-refractivity contribution in [2.24, 2.45) is 0 Å². The van der Waals surface area contributed by atoms with E-state index in [0.29, 0.717) is 22.2 Å². The van der Waals surface area contributed by atoms with Gasteiger partial charge in [-0.3, -0.25) is 4.79 Å². The molecule has 2 aromatic rings. The fourth-order valence-corrected chi connectivity index (χ4v) is 2.09. The minimum atomic E-state index is -0.274. The van der Waals surface area contributed by atoms with Crippen molar-refractivity contribution in [2.75, 3.05) is 12.4 Å². The minimum Gasteiger partial charge on any atom is -0.495 e. The molecular weight excluding hydrogens is 344 g/mol. The van der Waals surface area contributed by atoms with Crippen LogP contribution in [0.2, 0.25) is 5.02 Å². The van der Waals surface area contributed by atoms with Crippen molar-refractivity contribution < 1.29 is 9.53 Å². The molecule has 0 unspecified atom stereocenters. The molecule has 0 atom stereocenters. The quantitative estimate of drug-likeness (QED) is 0.903. The molecule has 0 aliphatic rings. The highest BCUT2D eigenvalue weighted by atomic mass is 79.9. The van der Waals surface area contributed by atoms with Gasteiger partial charge in [0.05, 0.1) is 17.8 Å². The predicted octanol–water partition coefficient (Wildman–Crippen LogP) is 4.07. The highest BCUT2D eigenvalue weighted by Crippen LogP contribution is 2.25. The van der Waals surface area contributed by atoms with Gasteiger partial charge in [-0.05, 0) is 53.2 Å². The predicted molar refractivity (Wildman–Crippen MR) is 82.6 cm³/mol. The van der Waals surface area contributed by atoms with Crippen LogP contribution in [0.3, 0.4) is 0 Å². The lowest BCUT2D eigenvalue weighted by atomic mass is 10.2. The molecule has 20 heavy (non-hydrogen) atoms. The first kappa shape index (κ1) is 14.8. The number of benzene rings is 1. The summed E-state index contributed by atoms with van der Waals surface area (Å²) in [4.78, 5) is 16.4. The van der Waals surface area contributed by atoms with Crippen LogP contribution in [0, 0.1) is 6.92 Å². The Kier molecular flexibility index (Phi) is 4.62. The van der Waals surface area contributed by atoms with Gasteiger partial charge in [-0.15, -0.1) is 0 Å². The highest BCUT2D eigenvalue weighted by Gasteiger charge is 2.10. The standard InChI is InChI=1S/C14H12BrClN2O2/c1-8-10(15)4-6-13(17-8)18-14(19)9-3-5-12(20-2)11(16)7-9/h3-7H,1-2H3,(H,17,18,19). The average molecular weight is 356 g/mol. The molecule has 1 aromatic carbocycles. The van der Waals surface area contributed by atoms with Crippen molar-refractivity contribution in [3.05, 3.63) is 51.1 Å². The van der Waals surface area contributed by atoms with E-state index in [-0.39, 0.29) is 5.91 Å². The van der Waals surface area contributed by atoms with E-state index in [1.54, 1.807) is 24.3 Å². The van der Waals surface area contributed by atoms with Gasteiger partial charge in [-0.1, -0.05) is 11.6 Å². The van der Waals surface area contributed by atoms with Crippen molar-refractivity contribution in [3.63, 3.8) is 0 Å². The van der Waals surface area contributed by atoms with E-state index in [4.69, 9.17) is 16.3 Å². The molecule has 0 saturated heterocycles. The molecule has 6 heteroatoms. The number of carbonyl (C=O) groups is 1. The number of amides is 1. The number of hydrogen-bond acceptors (Lipinski definition) is 3. The Hall–Kier alpha value is -1.59. The first-order valence-corrected chi connectivity index (χ1v) is 6.96. The summed E-state index contributed by atoms with van der Waals surface area (Å²) >= 11 is 9.36. The van der Waals surface area contributed by atoms with Gasteiger partial charge in [0.25, 0.3) is 5.91 Å². The zero-order valence-corrected chi connectivity index (χ0v) is 13.2. The Morgan fingerprint density at radius 1 is 1.35 bits per heavy atom. The molecule has 1 aromatic heterocycles. The number of rotatable bonds is 3. The first-order valence-electron chi connectivity index (χ1n) is 5.79. The van der Waals surface area contributed by atoms with E-state index in [1.807, 2.05) is 13.0 Å². The lowest BCUT2D eigenvalue weighted by Gasteiger charge is -2.08. The lowest BCUT2D eigenvalue weighted by Crippen LogP contribution is -2.13. The number of methoxy groups -OCH3 is 1. The third-order valence-electron chi connectivity index (χ3n) is 2.68. The number of nitrogens with one attached hydrogen (secondary N) is 1. The number of halogens is 2. The molecule has 4 nitrogen and oxygen atoms in total. The van der Waals surface area contributed by atoms with Gasteiger partial charge in [0, 0.05) is 10.0 Å². The second-order valence-electron chi connectivity index (χ2n) is 4.07. The van der Waals surface area contributed by atoms with E-state index >= 15 is 0 Å². The Balaban J connectivity index is 2.19. The number of carbonyl (C=O) groups excluding carboxylic acids is 1. The average Bonchev–Trinajstić information content (AvgIpc) is 2.42. The molecule has 1 amide bonds. The molecule has 1 heterocycles. The molecule has 0 saturated carbocycles. The minimum absolute atomic E-state index is 0.274. The zero-order chi connectivity index (χ0) is 14.7. The molecule has 0 aliphatic carbocycles. The van der Waals surface area contributed by atoms with Gasteiger partial charge >= 0.3 is 0 Å². The molecular formula is C14H12BrClN2O2. The van der Waals surface area contributed by atoms with Gasteiger partial charge in [0.1, 0.15) is 11.6 Å².